The van der Waals surface area contributed by atoms with Crippen LogP contribution in [0.4, 0.5) is 0 Å². The predicted molar refractivity (Wildman–Crippen MR) is 54.8 cm³/mol. The van der Waals surface area contributed by atoms with Crippen molar-refractivity contribution >= 4 is 17.4 Å². The summed E-state index contributed by atoms with van der Waals surface area (Å²) in [7, 11) is 0. The first-order valence-electron chi connectivity index (χ1n) is 4.29. The fraction of sp³-hybridized carbons (Fsp3) is 0.182. The van der Waals surface area contributed by atoms with Crippen LogP contribution in [0.2, 0.25) is 0 Å². The molecular formula is C11H10NO2-. The second-order valence-corrected chi connectivity index (χ2v) is 2.57. The zero-order chi connectivity index (χ0) is 10.4. The quantitative estimate of drug-likeness (QED) is 0.413. The molecule has 0 bridgehead atoms. The summed E-state index contributed by atoms with van der Waals surface area (Å²) in [6.07, 6.45) is 0. The summed E-state index contributed by atoms with van der Waals surface area (Å²) >= 11 is 0. The molecule has 72 valence electrons. The number of hydrogen-bond acceptors (Lipinski definition) is 2. The lowest BCUT2D eigenvalue weighted by atomic mass is 10.1. The third-order valence-corrected chi connectivity index (χ3v) is 1.65. The summed E-state index contributed by atoms with van der Waals surface area (Å²) in [6, 6.07) is 8.77. The van der Waals surface area contributed by atoms with Crippen LogP contribution >= 0.6 is 0 Å². The van der Waals surface area contributed by atoms with Crippen molar-refractivity contribution in [2.45, 2.75) is 6.92 Å². The zero-order valence-corrected chi connectivity index (χ0v) is 7.86. The molecule has 3 nitrogen and oxygen atoms in total. The van der Waals surface area contributed by atoms with Gasteiger partial charge < -0.3 is 10.1 Å². The molecule has 14 heavy (non-hydrogen) atoms. The Morgan fingerprint density at radius 2 is 2.07 bits per heavy atom. The Hall–Kier alpha value is -1.86. The summed E-state index contributed by atoms with van der Waals surface area (Å²) in [5.74, 6) is 1.28. The van der Waals surface area contributed by atoms with Gasteiger partial charge in [-0.3, -0.25) is 5.87 Å². The molecule has 1 rings (SSSR count). The summed E-state index contributed by atoms with van der Waals surface area (Å²) in [4.78, 5) is 11.3. The lowest BCUT2D eigenvalue weighted by Crippen LogP contribution is -2.07. The summed E-state index contributed by atoms with van der Waals surface area (Å²) < 4.78 is 4.75. The highest BCUT2D eigenvalue weighted by Crippen LogP contribution is 2.12. The Morgan fingerprint density at radius 3 is 2.57 bits per heavy atom. The molecule has 1 aromatic carbocycles. The van der Waals surface area contributed by atoms with Crippen LogP contribution in [0.3, 0.4) is 0 Å². The minimum Gasteiger partial charge on any atom is -0.763 e. The molecule has 0 heterocycles. The molecule has 0 saturated carbocycles. The van der Waals surface area contributed by atoms with Gasteiger partial charge in [0, 0.05) is 0 Å². The van der Waals surface area contributed by atoms with Gasteiger partial charge in [0.15, 0.2) is 0 Å². The fourth-order valence-corrected chi connectivity index (χ4v) is 1.04. The lowest BCUT2D eigenvalue weighted by molar-refractivity contribution is -0.135. The van der Waals surface area contributed by atoms with Crippen LogP contribution in [-0.2, 0) is 9.53 Å². The first kappa shape index (κ1) is 10.2. The second-order valence-electron chi connectivity index (χ2n) is 2.57. The average Bonchev–Trinajstić information content (AvgIpc) is 2.21. The zero-order valence-electron chi connectivity index (χ0n) is 7.86. The van der Waals surface area contributed by atoms with Crippen molar-refractivity contribution in [1.29, 1.82) is 0 Å². The van der Waals surface area contributed by atoms with E-state index in [1.54, 1.807) is 31.2 Å². The molecular weight excluding hydrogens is 178 g/mol. The molecule has 0 aliphatic rings. The molecule has 3 heteroatoms. The smallest absolute Gasteiger partial charge is 0.344 e. The Labute approximate surface area is 82.5 Å². The van der Waals surface area contributed by atoms with E-state index in [4.69, 9.17) is 10.1 Å². The van der Waals surface area contributed by atoms with Crippen LogP contribution in [0, 0.1) is 0 Å². The maximum absolute atomic E-state index is 11.3. The normalized spacial score (nSPS) is 8.93. The van der Waals surface area contributed by atoms with Gasteiger partial charge in [-0.2, -0.15) is 0 Å². The number of hydrogen-bond donors (Lipinski definition) is 0. The predicted octanol–water partition coefficient (Wildman–Crippen LogP) is 1.87. The lowest BCUT2D eigenvalue weighted by Gasteiger charge is -2.05. The van der Waals surface area contributed by atoms with Gasteiger partial charge >= 0.3 is 5.97 Å². The molecule has 0 amide bonds. The van der Waals surface area contributed by atoms with Gasteiger partial charge in [-0.15, -0.1) is 0 Å². The third kappa shape index (κ3) is 2.31. The highest BCUT2D eigenvalue weighted by molar-refractivity contribution is 6.26. The van der Waals surface area contributed by atoms with E-state index in [2.05, 4.69) is 0 Å². The number of carbonyl (C=O) groups excluding carboxylic acids is 1. The van der Waals surface area contributed by atoms with E-state index in [1.165, 1.54) is 0 Å². The highest BCUT2D eigenvalue weighted by atomic mass is 16.5. The maximum atomic E-state index is 11.3. The molecule has 0 spiro atoms. The van der Waals surface area contributed by atoms with E-state index in [-0.39, 0.29) is 12.2 Å². The standard InChI is InChI=1S/C11H10NO2/c1-2-14-11(13)10(8-12)9-6-4-3-5-7-9/h3-7H,2H2,1H3/q-1. The van der Waals surface area contributed by atoms with Gasteiger partial charge in [-0.05, 0) is 12.5 Å². The fourth-order valence-electron chi connectivity index (χ4n) is 1.04. The maximum Gasteiger partial charge on any atom is 0.344 e. The van der Waals surface area contributed by atoms with Crippen molar-refractivity contribution in [2.75, 3.05) is 6.61 Å². The number of nitrogens with zero attached hydrogens (tertiary/aromatic N) is 1. The van der Waals surface area contributed by atoms with Crippen LogP contribution in [-0.4, -0.2) is 18.4 Å². The van der Waals surface area contributed by atoms with Crippen LogP contribution in [0.25, 0.3) is 11.0 Å². The first-order valence-corrected chi connectivity index (χ1v) is 4.29. The minimum atomic E-state index is -0.568. The van der Waals surface area contributed by atoms with Crippen molar-refractivity contribution < 1.29 is 9.53 Å². The van der Waals surface area contributed by atoms with Gasteiger partial charge in [0.1, 0.15) is 0 Å². The molecule has 0 N–H and O–H groups in total. The Balaban J connectivity index is 2.96. The van der Waals surface area contributed by atoms with Gasteiger partial charge in [-0.1, -0.05) is 30.3 Å². The van der Waals surface area contributed by atoms with Gasteiger partial charge in [0.05, 0.1) is 12.2 Å². The van der Waals surface area contributed by atoms with Crippen LogP contribution in [0.5, 0.6) is 0 Å². The largest absolute Gasteiger partial charge is 0.763 e. The highest BCUT2D eigenvalue weighted by Gasteiger charge is 2.09. The summed E-state index contributed by atoms with van der Waals surface area (Å²) in [5, 5.41) is 8.79. The molecule has 0 radical (unpaired) electrons. The molecule has 1 aromatic rings. The molecule has 0 aliphatic heterocycles. The SMILES string of the molecule is CCOC(=O)C(=C=[N-])c1ccccc1. The van der Waals surface area contributed by atoms with E-state index in [0.29, 0.717) is 5.56 Å². The average molecular weight is 188 g/mol. The van der Waals surface area contributed by atoms with E-state index >= 15 is 0 Å². The van der Waals surface area contributed by atoms with Crippen molar-refractivity contribution in [1.82, 2.24) is 0 Å². The number of esters is 1. The first-order chi connectivity index (χ1) is 6.79. The van der Waals surface area contributed by atoms with Crippen LogP contribution in [0.15, 0.2) is 30.3 Å². The van der Waals surface area contributed by atoms with Crippen LogP contribution in [0.1, 0.15) is 12.5 Å². The van der Waals surface area contributed by atoms with Gasteiger partial charge in [-0.25, -0.2) is 4.79 Å². The van der Waals surface area contributed by atoms with Gasteiger partial charge in [0.2, 0.25) is 0 Å². The molecule has 0 aromatic heterocycles. The Kier molecular flexibility index (Phi) is 3.65. The molecule has 0 unspecified atom stereocenters. The van der Waals surface area contributed by atoms with E-state index in [0.717, 1.165) is 0 Å². The van der Waals surface area contributed by atoms with Crippen LogP contribution < -0.4 is 0 Å². The van der Waals surface area contributed by atoms with Crippen molar-refractivity contribution in [2.24, 2.45) is 0 Å². The molecule has 0 atom stereocenters. The van der Waals surface area contributed by atoms with Crippen molar-refractivity contribution in [3.63, 3.8) is 0 Å². The van der Waals surface area contributed by atoms with Gasteiger partial charge in [0.25, 0.3) is 0 Å². The van der Waals surface area contributed by atoms with Crippen molar-refractivity contribution in [3.05, 3.63) is 41.3 Å². The number of carbonyl (C=O) groups is 1. The molecule has 0 saturated heterocycles. The Morgan fingerprint density at radius 1 is 1.43 bits per heavy atom. The number of benzene rings is 1. The summed E-state index contributed by atoms with van der Waals surface area (Å²) in [6.45, 7) is 1.98. The Bertz CT molecular complexity index is 364. The number of rotatable bonds is 3. The van der Waals surface area contributed by atoms with E-state index in [9.17, 15) is 4.79 Å². The topological polar surface area (TPSA) is 48.6 Å². The molecule has 0 fully saturated rings. The monoisotopic (exact) mass is 188 g/mol. The van der Waals surface area contributed by atoms with E-state index in [1.807, 2.05) is 11.9 Å². The number of ether oxygens (including phenoxy) is 1. The van der Waals surface area contributed by atoms with E-state index < -0.39 is 5.97 Å². The second kappa shape index (κ2) is 5.00. The third-order valence-electron chi connectivity index (χ3n) is 1.65. The molecule has 0 aliphatic carbocycles. The van der Waals surface area contributed by atoms with Crippen molar-refractivity contribution in [3.8, 4) is 0 Å². The minimum absolute atomic E-state index is 0.0486. The summed E-state index contributed by atoms with van der Waals surface area (Å²) in [5.41, 5.74) is 0.640.